The SMILES string of the molecule is O[C@H](CCCCCCCF)C[C@@H]1c2ncccc2-c2cncn21. The minimum atomic E-state index is -0.343. The number of imidazole rings is 1. The summed E-state index contributed by atoms with van der Waals surface area (Å²) < 4.78 is 14.1. The number of aromatic nitrogens is 3. The van der Waals surface area contributed by atoms with Crippen LogP contribution in [-0.4, -0.2) is 32.4 Å². The molecule has 2 atom stereocenters. The van der Waals surface area contributed by atoms with Gasteiger partial charge in [0.05, 0.1) is 42.7 Å². The molecule has 0 unspecified atom stereocenters. The number of nitrogens with zero attached hydrogens (tertiary/aromatic N) is 3. The van der Waals surface area contributed by atoms with Crippen molar-refractivity contribution in [2.24, 2.45) is 0 Å². The summed E-state index contributed by atoms with van der Waals surface area (Å²) >= 11 is 0. The van der Waals surface area contributed by atoms with Crippen LogP contribution in [0.25, 0.3) is 11.3 Å². The molecule has 23 heavy (non-hydrogen) atoms. The van der Waals surface area contributed by atoms with Gasteiger partial charge in [-0.25, -0.2) is 4.98 Å². The first-order valence-electron chi connectivity index (χ1n) is 8.52. The summed E-state index contributed by atoms with van der Waals surface area (Å²) in [6.45, 7) is -0.218. The van der Waals surface area contributed by atoms with E-state index in [1.807, 2.05) is 24.8 Å². The van der Waals surface area contributed by atoms with Crippen molar-refractivity contribution < 1.29 is 9.50 Å². The van der Waals surface area contributed by atoms with Crippen LogP contribution in [0.4, 0.5) is 4.39 Å². The van der Waals surface area contributed by atoms with Gasteiger partial charge in [-0.3, -0.25) is 9.37 Å². The highest BCUT2D eigenvalue weighted by Gasteiger charge is 2.30. The van der Waals surface area contributed by atoms with E-state index in [1.54, 1.807) is 0 Å². The molecule has 1 aliphatic rings. The highest BCUT2D eigenvalue weighted by Crippen LogP contribution is 2.40. The maximum Gasteiger partial charge on any atom is 0.0957 e. The second-order valence-corrected chi connectivity index (χ2v) is 6.27. The third kappa shape index (κ3) is 3.61. The van der Waals surface area contributed by atoms with E-state index >= 15 is 0 Å². The molecule has 3 rings (SSSR count). The zero-order valence-corrected chi connectivity index (χ0v) is 13.4. The fraction of sp³-hybridized carbons (Fsp3) is 0.556. The van der Waals surface area contributed by atoms with Crippen LogP contribution in [0.5, 0.6) is 0 Å². The minimum absolute atomic E-state index is 0.0743. The van der Waals surface area contributed by atoms with E-state index in [2.05, 4.69) is 20.6 Å². The summed E-state index contributed by atoms with van der Waals surface area (Å²) in [5.74, 6) is 0. The second kappa shape index (κ2) is 7.68. The van der Waals surface area contributed by atoms with Gasteiger partial charge < -0.3 is 9.67 Å². The monoisotopic (exact) mass is 317 g/mol. The first kappa shape index (κ1) is 16.1. The first-order valence-corrected chi connectivity index (χ1v) is 8.52. The number of unbranched alkanes of at least 4 members (excludes halogenated alkanes) is 4. The maximum absolute atomic E-state index is 12.0. The Hall–Kier alpha value is -1.75. The van der Waals surface area contributed by atoms with Gasteiger partial charge >= 0.3 is 0 Å². The van der Waals surface area contributed by atoms with Crippen LogP contribution in [-0.2, 0) is 0 Å². The Morgan fingerprint density at radius 1 is 1.22 bits per heavy atom. The van der Waals surface area contributed by atoms with Crippen LogP contribution in [0.3, 0.4) is 0 Å². The van der Waals surface area contributed by atoms with Gasteiger partial charge in [0.25, 0.3) is 0 Å². The average molecular weight is 317 g/mol. The highest BCUT2D eigenvalue weighted by molar-refractivity contribution is 5.66. The number of rotatable bonds is 9. The molecule has 0 bridgehead atoms. The Morgan fingerprint density at radius 3 is 2.91 bits per heavy atom. The molecule has 3 heterocycles. The third-order valence-corrected chi connectivity index (χ3v) is 4.60. The zero-order valence-electron chi connectivity index (χ0n) is 13.4. The normalized spacial score (nSPS) is 17.0. The standard InChI is InChI=1S/C18H24FN3O/c19-9-5-3-1-2-4-7-14(23)11-16-18-15(8-6-10-21-18)17-12-20-13-22(16)17/h6,8,10,12-14,16,23H,1-5,7,9,11H2/t14-,16-/m1/s1. The van der Waals surface area contributed by atoms with Crippen molar-refractivity contribution >= 4 is 0 Å². The van der Waals surface area contributed by atoms with E-state index in [-0.39, 0.29) is 18.8 Å². The predicted molar refractivity (Wildman–Crippen MR) is 87.9 cm³/mol. The Bertz CT molecular complexity index is 628. The van der Waals surface area contributed by atoms with E-state index in [9.17, 15) is 9.50 Å². The average Bonchev–Trinajstić information content (AvgIpc) is 3.14. The lowest BCUT2D eigenvalue weighted by Gasteiger charge is -2.18. The third-order valence-electron chi connectivity index (χ3n) is 4.60. The summed E-state index contributed by atoms with van der Waals surface area (Å²) in [6.07, 6.45) is 11.3. The van der Waals surface area contributed by atoms with Crippen molar-refractivity contribution in [3.05, 3.63) is 36.5 Å². The molecule has 5 heteroatoms. The van der Waals surface area contributed by atoms with Crippen LogP contribution in [0.15, 0.2) is 30.9 Å². The summed E-state index contributed by atoms with van der Waals surface area (Å²) in [5.41, 5.74) is 3.23. The van der Waals surface area contributed by atoms with Crippen molar-refractivity contribution in [3.63, 3.8) is 0 Å². The molecule has 0 amide bonds. The molecule has 1 N–H and O–H groups in total. The molecule has 124 valence electrons. The number of halogens is 1. The van der Waals surface area contributed by atoms with Crippen LogP contribution in [0.2, 0.25) is 0 Å². The van der Waals surface area contributed by atoms with Crippen molar-refractivity contribution in [1.82, 2.24) is 14.5 Å². The lowest BCUT2D eigenvalue weighted by Crippen LogP contribution is -2.16. The smallest absolute Gasteiger partial charge is 0.0957 e. The highest BCUT2D eigenvalue weighted by atomic mass is 19.1. The number of hydrogen-bond donors (Lipinski definition) is 1. The maximum atomic E-state index is 12.0. The first-order chi connectivity index (χ1) is 11.3. The number of fused-ring (bicyclic) bond motifs is 3. The Balaban J connectivity index is 1.54. The molecule has 0 fully saturated rings. The number of pyridine rings is 1. The molecule has 0 aliphatic carbocycles. The van der Waals surface area contributed by atoms with E-state index < -0.39 is 0 Å². The number of aliphatic hydroxyl groups excluding tert-OH is 1. The molecule has 0 aromatic carbocycles. The van der Waals surface area contributed by atoms with Gasteiger partial charge in [-0.15, -0.1) is 0 Å². The van der Waals surface area contributed by atoms with E-state index in [0.717, 1.165) is 49.1 Å². The Labute approximate surface area is 136 Å². The van der Waals surface area contributed by atoms with Crippen LogP contribution >= 0.6 is 0 Å². The van der Waals surface area contributed by atoms with Crippen molar-refractivity contribution in [1.29, 1.82) is 0 Å². The van der Waals surface area contributed by atoms with Crippen molar-refractivity contribution in [2.75, 3.05) is 6.67 Å². The Morgan fingerprint density at radius 2 is 2.04 bits per heavy atom. The molecular weight excluding hydrogens is 293 g/mol. The van der Waals surface area contributed by atoms with Crippen LogP contribution in [0, 0.1) is 0 Å². The molecule has 4 nitrogen and oxygen atoms in total. The van der Waals surface area contributed by atoms with Gasteiger partial charge in [0.15, 0.2) is 0 Å². The van der Waals surface area contributed by atoms with E-state index in [4.69, 9.17) is 0 Å². The van der Waals surface area contributed by atoms with Gasteiger partial charge in [-0.05, 0) is 31.4 Å². The molecular formula is C18H24FN3O. The number of hydrogen-bond acceptors (Lipinski definition) is 3. The van der Waals surface area contributed by atoms with Crippen molar-refractivity contribution in [2.45, 2.75) is 57.1 Å². The summed E-state index contributed by atoms with van der Waals surface area (Å²) in [7, 11) is 0. The lowest BCUT2D eigenvalue weighted by atomic mass is 10.00. The van der Waals surface area contributed by atoms with Gasteiger partial charge in [-0.1, -0.05) is 25.7 Å². The summed E-state index contributed by atoms with van der Waals surface area (Å²) in [4.78, 5) is 8.74. The number of alkyl halides is 1. The quantitative estimate of drug-likeness (QED) is 0.713. The topological polar surface area (TPSA) is 50.9 Å². The minimum Gasteiger partial charge on any atom is -0.393 e. The second-order valence-electron chi connectivity index (χ2n) is 6.27. The fourth-order valence-corrected chi connectivity index (χ4v) is 3.40. The Kier molecular flexibility index (Phi) is 5.39. The largest absolute Gasteiger partial charge is 0.393 e. The molecule has 0 spiro atoms. The molecule has 2 aromatic rings. The molecule has 1 aliphatic heterocycles. The van der Waals surface area contributed by atoms with Gasteiger partial charge in [0, 0.05) is 11.8 Å². The van der Waals surface area contributed by atoms with Gasteiger partial charge in [-0.2, -0.15) is 0 Å². The number of aliphatic hydroxyl groups is 1. The van der Waals surface area contributed by atoms with Crippen LogP contribution < -0.4 is 0 Å². The summed E-state index contributed by atoms with van der Waals surface area (Å²) in [6, 6.07) is 4.07. The predicted octanol–water partition coefficient (Wildman–Crippen LogP) is 3.91. The van der Waals surface area contributed by atoms with Crippen LogP contribution in [0.1, 0.15) is 56.7 Å². The lowest BCUT2D eigenvalue weighted by molar-refractivity contribution is 0.138. The fourth-order valence-electron chi connectivity index (χ4n) is 3.40. The summed E-state index contributed by atoms with van der Waals surface area (Å²) in [5, 5.41) is 10.4. The zero-order chi connectivity index (χ0) is 16.1. The molecule has 0 radical (unpaired) electrons. The van der Waals surface area contributed by atoms with Gasteiger partial charge in [0.1, 0.15) is 0 Å². The molecule has 2 aromatic heterocycles. The van der Waals surface area contributed by atoms with E-state index in [0.29, 0.717) is 12.8 Å². The van der Waals surface area contributed by atoms with Crippen molar-refractivity contribution in [3.8, 4) is 11.3 Å². The molecule has 0 saturated carbocycles. The van der Waals surface area contributed by atoms with E-state index in [1.165, 1.54) is 0 Å². The molecule has 0 saturated heterocycles. The van der Waals surface area contributed by atoms with Gasteiger partial charge in [0.2, 0.25) is 0 Å².